The van der Waals surface area contributed by atoms with Gasteiger partial charge in [0, 0.05) is 48.3 Å². The van der Waals surface area contributed by atoms with E-state index in [1.807, 2.05) is 48.7 Å². The standard InChI is InChI=1S/C28H23FN2O2.CH4/c29-28-10-3-18(16-31-28)2-9-26(32)21-7-5-20(6-8-21)24-15-25(24)27(33)14-19-1-4-23-17-30-12-11-22(23)13-19;/h1,3-8,10-13,16-17,24-25H,2,9,14-15H2;1H4/t24-,25+;/m0./s1. The first-order chi connectivity index (χ1) is 16.1. The largest absolute Gasteiger partial charge is 0.299 e. The van der Waals surface area contributed by atoms with Crippen molar-refractivity contribution in [2.75, 3.05) is 0 Å². The monoisotopic (exact) mass is 454 g/mol. The normalized spacial score (nSPS) is 16.6. The number of carbonyl (C=O) groups excluding carboxylic acids is 2. The van der Waals surface area contributed by atoms with E-state index < -0.39 is 5.95 Å². The molecule has 0 aliphatic heterocycles. The van der Waals surface area contributed by atoms with Crippen molar-refractivity contribution in [3.63, 3.8) is 0 Å². The maximum absolute atomic E-state index is 12.9. The van der Waals surface area contributed by atoms with Crippen molar-refractivity contribution in [1.29, 1.82) is 0 Å². The minimum absolute atomic E-state index is 0. The number of benzene rings is 2. The van der Waals surface area contributed by atoms with E-state index in [-0.39, 0.29) is 30.8 Å². The molecule has 0 amide bonds. The molecule has 2 atom stereocenters. The third-order valence-electron chi connectivity index (χ3n) is 6.38. The minimum atomic E-state index is -0.521. The van der Waals surface area contributed by atoms with Crippen molar-refractivity contribution in [3.05, 3.63) is 107 Å². The number of carbonyl (C=O) groups is 2. The molecule has 4 nitrogen and oxygen atoms in total. The van der Waals surface area contributed by atoms with Gasteiger partial charge in [-0.25, -0.2) is 4.98 Å². The lowest BCUT2D eigenvalue weighted by Crippen LogP contribution is -2.06. The lowest BCUT2D eigenvalue weighted by Gasteiger charge is -2.05. The number of nitrogens with zero attached hydrogens (tertiary/aromatic N) is 2. The number of rotatable bonds is 8. The molecule has 0 radical (unpaired) electrons. The van der Waals surface area contributed by atoms with E-state index >= 15 is 0 Å². The average Bonchev–Trinajstić information content (AvgIpc) is 3.65. The molecule has 2 aromatic carbocycles. The van der Waals surface area contributed by atoms with E-state index in [1.165, 1.54) is 12.3 Å². The Balaban J connectivity index is 0.00000274. The number of pyridine rings is 2. The maximum Gasteiger partial charge on any atom is 0.212 e. The van der Waals surface area contributed by atoms with Gasteiger partial charge in [-0.3, -0.25) is 14.6 Å². The van der Waals surface area contributed by atoms with Gasteiger partial charge in [-0.05, 0) is 53.0 Å². The van der Waals surface area contributed by atoms with Crippen LogP contribution in [0.15, 0.2) is 79.3 Å². The molecule has 5 rings (SSSR count). The molecule has 0 spiro atoms. The molecule has 34 heavy (non-hydrogen) atoms. The molecule has 172 valence electrons. The predicted molar refractivity (Wildman–Crippen MR) is 131 cm³/mol. The predicted octanol–water partition coefficient (Wildman–Crippen LogP) is 6.14. The van der Waals surface area contributed by atoms with Gasteiger partial charge in [0.1, 0.15) is 5.78 Å². The number of halogens is 1. The molecule has 0 unspecified atom stereocenters. The summed E-state index contributed by atoms with van der Waals surface area (Å²) in [5, 5.41) is 2.17. The van der Waals surface area contributed by atoms with Gasteiger partial charge in [0.25, 0.3) is 0 Å². The lowest BCUT2D eigenvalue weighted by molar-refractivity contribution is -0.119. The number of aromatic nitrogens is 2. The van der Waals surface area contributed by atoms with Crippen LogP contribution < -0.4 is 0 Å². The first-order valence-corrected chi connectivity index (χ1v) is 11.2. The number of Topliss-reactive ketones (excluding diaryl/α,β-unsaturated/α-hetero) is 2. The van der Waals surface area contributed by atoms with Gasteiger partial charge in [0.15, 0.2) is 5.78 Å². The van der Waals surface area contributed by atoms with Crippen LogP contribution in [0.2, 0.25) is 0 Å². The maximum atomic E-state index is 12.9. The Labute approximate surface area is 198 Å². The zero-order valence-corrected chi connectivity index (χ0v) is 18.1. The second kappa shape index (κ2) is 10.0. The lowest BCUT2D eigenvalue weighted by atomic mass is 9.99. The van der Waals surface area contributed by atoms with Crippen LogP contribution in [-0.2, 0) is 17.6 Å². The number of ketones is 2. The molecule has 2 aromatic heterocycles. The Kier molecular flexibility index (Phi) is 6.92. The highest BCUT2D eigenvalue weighted by Crippen LogP contribution is 2.48. The Morgan fingerprint density at radius 2 is 1.71 bits per heavy atom. The Bertz CT molecular complexity index is 1320. The van der Waals surface area contributed by atoms with Crippen molar-refractivity contribution in [3.8, 4) is 0 Å². The van der Waals surface area contributed by atoms with Crippen LogP contribution in [0.4, 0.5) is 4.39 Å². The van der Waals surface area contributed by atoms with Crippen LogP contribution in [-0.4, -0.2) is 21.5 Å². The fourth-order valence-electron chi connectivity index (χ4n) is 4.37. The Morgan fingerprint density at radius 3 is 2.47 bits per heavy atom. The average molecular weight is 455 g/mol. The van der Waals surface area contributed by atoms with E-state index in [0.717, 1.165) is 33.9 Å². The molecule has 1 aliphatic rings. The van der Waals surface area contributed by atoms with Crippen LogP contribution >= 0.6 is 0 Å². The SMILES string of the molecule is C.O=C(CCc1ccc(F)nc1)c1ccc([C@@H]2C[C@H]2C(=O)Cc2ccc3cnccc3c2)cc1. The highest BCUT2D eigenvalue weighted by molar-refractivity contribution is 5.96. The summed E-state index contributed by atoms with van der Waals surface area (Å²) in [6.07, 6.45) is 7.23. The van der Waals surface area contributed by atoms with E-state index in [4.69, 9.17) is 0 Å². The van der Waals surface area contributed by atoms with E-state index in [9.17, 15) is 14.0 Å². The number of aryl methyl sites for hydroxylation is 1. The molecular weight excluding hydrogens is 427 g/mol. The fraction of sp³-hybridized carbons (Fsp3) is 0.241. The summed E-state index contributed by atoms with van der Waals surface area (Å²) in [6, 6.07) is 18.6. The summed E-state index contributed by atoms with van der Waals surface area (Å²) in [6.45, 7) is 0. The summed E-state index contributed by atoms with van der Waals surface area (Å²) >= 11 is 0. The molecule has 1 fully saturated rings. The summed E-state index contributed by atoms with van der Waals surface area (Å²) in [7, 11) is 0. The van der Waals surface area contributed by atoms with Crippen LogP contribution in [0.3, 0.4) is 0 Å². The van der Waals surface area contributed by atoms with E-state index in [2.05, 4.69) is 16.0 Å². The van der Waals surface area contributed by atoms with Crippen LogP contribution in [0.1, 0.15) is 53.2 Å². The number of hydrogen-bond acceptors (Lipinski definition) is 4. The highest BCUT2D eigenvalue weighted by atomic mass is 19.1. The molecule has 1 aliphatic carbocycles. The fourth-order valence-corrected chi connectivity index (χ4v) is 4.37. The van der Waals surface area contributed by atoms with Gasteiger partial charge >= 0.3 is 0 Å². The highest BCUT2D eigenvalue weighted by Gasteiger charge is 2.43. The van der Waals surface area contributed by atoms with Gasteiger partial charge in [-0.1, -0.05) is 56.0 Å². The van der Waals surface area contributed by atoms with Gasteiger partial charge in [-0.15, -0.1) is 0 Å². The number of hydrogen-bond donors (Lipinski definition) is 0. The summed E-state index contributed by atoms with van der Waals surface area (Å²) < 4.78 is 12.9. The molecule has 2 heterocycles. The van der Waals surface area contributed by atoms with Crippen molar-refractivity contribution >= 4 is 22.3 Å². The minimum Gasteiger partial charge on any atom is -0.299 e. The Morgan fingerprint density at radius 1 is 0.912 bits per heavy atom. The van der Waals surface area contributed by atoms with Gasteiger partial charge in [0.05, 0.1) is 0 Å². The number of fused-ring (bicyclic) bond motifs is 1. The smallest absolute Gasteiger partial charge is 0.212 e. The van der Waals surface area contributed by atoms with Gasteiger partial charge in [0.2, 0.25) is 5.95 Å². The van der Waals surface area contributed by atoms with Crippen molar-refractivity contribution < 1.29 is 14.0 Å². The van der Waals surface area contributed by atoms with Crippen molar-refractivity contribution in [2.45, 2.75) is 39.0 Å². The van der Waals surface area contributed by atoms with E-state index in [1.54, 1.807) is 12.3 Å². The van der Waals surface area contributed by atoms with Gasteiger partial charge < -0.3 is 0 Å². The molecule has 0 bridgehead atoms. The molecule has 1 saturated carbocycles. The first-order valence-electron chi connectivity index (χ1n) is 11.2. The van der Waals surface area contributed by atoms with Crippen LogP contribution in [0.25, 0.3) is 10.8 Å². The molecule has 4 aromatic rings. The summed E-state index contributed by atoms with van der Waals surface area (Å²) in [5.41, 5.74) is 3.63. The van der Waals surface area contributed by atoms with Crippen LogP contribution in [0.5, 0.6) is 0 Å². The zero-order valence-electron chi connectivity index (χ0n) is 18.1. The topological polar surface area (TPSA) is 59.9 Å². The summed E-state index contributed by atoms with van der Waals surface area (Å²) in [5.74, 6) is 0.0665. The van der Waals surface area contributed by atoms with Crippen LogP contribution in [0, 0.1) is 11.9 Å². The molecule has 0 N–H and O–H groups in total. The first kappa shape index (κ1) is 23.4. The quantitative estimate of drug-likeness (QED) is 0.237. The molecule has 5 heteroatoms. The third-order valence-corrected chi connectivity index (χ3v) is 6.38. The van der Waals surface area contributed by atoms with Crippen molar-refractivity contribution in [2.24, 2.45) is 5.92 Å². The van der Waals surface area contributed by atoms with Gasteiger partial charge in [-0.2, -0.15) is 4.39 Å². The second-order valence-corrected chi connectivity index (χ2v) is 8.68. The molecular formula is C29H27FN2O2. The Hall–Kier alpha value is -3.73. The van der Waals surface area contributed by atoms with E-state index in [0.29, 0.717) is 24.8 Å². The molecule has 0 saturated heterocycles. The van der Waals surface area contributed by atoms with Crippen molar-refractivity contribution in [1.82, 2.24) is 9.97 Å². The zero-order chi connectivity index (χ0) is 22.8. The summed E-state index contributed by atoms with van der Waals surface area (Å²) in [4.78, 5) is 33.1. The third kappa shape index (κ3) is 5.25. The second-order valence-electron chi connectivity index (χ2n) is 8.68.